The minimum absolute atomic E-state index is 0.0351. The second-order valence-corrected chi connectivity index (χ2v) is 17.4. The zero-order valence-corrected chi connectivity index (χ0v) is 34.6. The van der Waals surface area contributed by atoms with Gasteiger partial charge in [0, 0.05) is 111 Å². The van der Waals surface area contributed by atoms with Crippen molar-refractivity contribution >= 4 is 51.6 Å². The lowest BCUT2D eigenvalue weighted by atomic mass is 9.98. The van der Waals surface area contributed by atoms with E-state index in [0.717, 1.165) is 106 Å². The number of carbonyl (C=O) groups excluding carboxylic acids is 4. The van der Waals surface area contributed by atoms with E-state index >= 15 is 4.39 Å². The summed E-state index contributed by atoms with van der Waals surface area (Å²) in [6, 6.07) is 18.5. The van der Waals surface area contributed by atoms with E-state index in [1.165, 1.54) is 22.3 Å². The molecular formula is C45H47FN10O4S. The minimum Gasteiger partial charge on any atom is -0.371 e. The summed E-state index contributed by atoms with van der Waals surface area (Å²) in [5.41, 5.74) is 6.49. The SMILES string of the molecule is O=C1CCN(c2ccccc2CN2CCN(C3CCN(c4ccc(-c5cc(F)c6c(c5)C(=O)N(C(C(=O)Nc5nccs5)c5ncn7c5CCC7)C6)cc4)CC3)CC2)C(=O)N1. The number of fused-ring (bicyclic) bond motifs is 2. The standard InChI is InChI=1S/C45H47FN10O4S/c46-36-25-31(24-34-35(36)27-56(43(34)59)41(42(58)50-44-47-14-23-61-44)40-38-6-3-15-54(38)28-48-40)29-7-9-32(10-8-29)52-16-11-33(12-17-52)53-21-19-51(20-22-53)26-30-4-1-2-5-37(30)55-18-13-39(57)49-45(55)60/h1-2,4-5,7-10,14,23-25,28,33,41H,3,6,11-13,15-22,26-27H2,(H,47,50,58)(H,49,57,60). The Morgan fingerprint density at radius 3 is 2.48 bits per heavy atom. The number of carbonyl (C=O) groups is 4. The number of nitrogens with one attached hydrogen (secondary N) is 2. The number of piperidine rings is 1. The van der Waals surface area contributed by atoms with Crippen molar-refractivity contribution in [2.45, 2.75) is 63.8 Å². The number of thiazole rings is 1. The van der Waals surface area contributed by atoms with Crippen LogP contribution in [-0.2, 0) is 35.6 Å². The summed E-state index contributed by atoms with van der Waals surface area (Å²) >= 11 is 1.29. The number of nitrogens with zero attached hydrogens (tertiary/aromatic N) is 8. The van der Waals surface area contributed by atoms with Gasteiger partial charge in [0.05, 0.1) is 18.6 Å². The van der Waals surface area contributed by atoms with Crippen LogP contribution in [0.4, 0.5) is 25.7 Å². The van der Waals surface area contributed by atoms with Crippen LogP contribution in [0.3, 0.4) is 0 Å². The molecule has 3 fully saturated rings. The van der Waals surface area contributed by atoms with E-state index in [4.69, 9.17) is 0 Å². The van der Waals surface area contributed by atoms with Crippen LogP contribution in [0.15, 0.2) is 78.6 Å². The average molecular weight is 843 g/mol. The molecule has 1 atom stereocenters. The smallest absolute Gasteiger partial charge is 0.328 e. The molecule has 314 valence electrons. The van der Waals surface area contributed by atoms with Gasteiger partial charge in [0.25, 0.3) is 11.8 Å². The van der Waals surface area contributed by atoms with Gasteiger partial charge in [-0.1, -0.05) is 30.3 Å². The normalized spacial score (nSPS) is 19.3. The van der Waals surface area contributed by atoms with Gasteiger partial charge in [-0.2, -0.15) is 0 Å². The molecule has 16 heteroatoms. The zero-order chi connectivity index (χ0) is 41.6. The van der Waals surface area contributed by atoms with Crippen LogP contribution in [0.2, 0.25) is 0 Å². The minimum atomic E-state index is -1.03. The van der Waals surface area contributed by atoms with E-state index in [1.54, 1.807) is 28.9 Å². The van der Waals surface area contributed by atoms with E-state index in [1.807, 2.05) is 34.9 Å². The Bertz CT molecular complexity index is 2480. The number of hydrogen-bond acceptors (Lipinski definition) is 10. The predicted octanol–water partition coefficient (Wildman–Crippen LogP) is 5.66. The first kappa shape index (κ1) is 39.2. The highest BCUT2D eigenvalue weighted by atomic mass is 32.1. The zero-order valence-electron chi connectivity index (χ0n) is 33.8. The van der Waals surface area contributed by atoms with Gasteiger partial charge in [0.15, 0.2) is 11.2 Å². The second-order valence-electron chi connectivity index (χ2n) is 16.5. The number of imide groups is 1. The van der Waals surface area contributed by atoms with E-state index in [-0.39, 0.29) is 29.6 Å². The van der Waals surface area contributed by atoms with Crippen molar-refractivity contribution < 1.29 is 23.6 Å². The monoisotopic (exact) mass is 842 g/mol. The van der Waals surface area contributed by atoms with Crippen molar-refractivity contribution in [1.82, 2.24) is 34.6 Å². The first-order chi connectivity index (χ1) is 29.8. The molecule has 3 saturated heterocycles. The molecule has 14 nitrogen and oxygen atoms in total. The van der Waals surface area contributed by atoms with Crippen LogP contribution >= 0.6 is 11.3 Å². The Hall–Kier alpha value is -5.97. The summed E-state index contributed by atoms with van der Waals surface area (Å²) < 4.78 is 18.0. The number of aryl methyl sites for hydroxylation is 1. The summed E-state index contributed by atoms with van der Waals surface area (Å²) in [5, 5.41) is 7.49. The van der Waals surface area contributed by atoms with Gasteiger partial charge in [-0.3, -0.25) is 39.7 Å². The van der Waals surface area contributed by atoms with Crippen LogP contribution in [0, 0.1) is 5.82 Å². The van der Waals surface area contributed by atoms with Crippen LogP contribution in [0.5, 0.6) is 0 Å². The third-order valence-corrected chi connectivity index (χ3v) is 13.7. The van der Waals surface area contributed by atoms with Gasteiger partial charge in [-0.15, -0.1) is 11.3 Å². The Balaban J connectivity index is 0.761. The molecule has 5 amide bonds. The summed E-state index contributed by atoms with van der Waals surface area (Å²) in [4.78, 5) is 71.7. The van der Waals surface area contributed by atoms with Gasteiger partial charge in [0.1, 0.15) is 5.82 Å². The number of imidazole rings is 1. The van der Waals surface area contributed by atoms with Gasteiger partial charge >= 0.3 is 6.03 Å². The highest BCUT2D eigenvalue weighted by Gasteiger charge is 2.42. The molecule has 0 radical (unpaired) electrons. The van der Waals surface area contributed by atoms with E-state index in [0.29, 0.717) is 35.4 Å². The third-order valence-electron chi connectivity index (χ3n) is 13.0. The Kier molecular flexibility index (Phi) is 10.6. The average Bonchev–Trinajstić information content (AvgIpc) is 4.10. The fourth-order valence-electron chi connectivity index (χ4n) is 9.75. The maximum atomic E-state index is 16.0. The largest absolute Gasteiger partial charge is 0.371 e. The fourth-order valence-corrected chi connectivity index (χ4v) is 10.3. The molecule has 0 aliphatic carbocycles. The van der Waals surface area contributed by atoms with E-state index in [9.17, 15) is 19.2 Å². The Labute approximate surface area is 357 Å². The van der Waals surface area contributed by atoms with Gasteiger partial charge in [-0.25, -0.2) is 19.2 Å². The lowest BCUT2D eigenvalue weighted by Gasteiger charge is -2.43. The maximum Gasteiger partial charge on any atom is 0.328 e. The summed E-state index contributed by atoms with van der Waals surface area (Å²) in [6.07, 6.45) is 7.44. The number of para-hydroxylation sites is 1. The highest BCUT2D eigenvalue weighted by Crippen LogP contribution is 2.38. The predicted molar refractivity (Wildman–Crippen MR) is 230 cm³/mol. The van der Waals surface area contributed by atoms with Gasteiger partial charge < -0.3 is 14.4 Å². The molecule has 0 bridgehead atoms. The van der Waals surface area contributed by atoms with E-state index in [2.05, 4.69) is 53.5 Å². The molecule has 1 unspecified atom stereocenters. The number of aromatic nitrogens is 3. The molecular weight excluding hydrogens is 796 g/mol. The number of rotatable bonds is 10. The topological polar surface area (TPSA) is 139 Å². The van der Waals surface area contributed by atoms with Crippen molar-refractivity contribution in [2.24, 2.45) is 0 Å². The molecule has 2 aromatic heterocycles. The number of amides is 5. The molecule has 7 heterocycles. The fraction of sp³-hybridized carbons (Fsp3) is 0.378. The van der Waals surface area contributed by atoms with Crippen molar-refractivity contribution in [3.05, 3.63) is 112 Å². The van der Waals surface area contributed by atoms with Crippen LogP contribution in [0.1, 0.15) is 64.6 Å². The Morgan fingerprint density at radius 2 is 1.70 bits per heavy atom. The molecule has 5 aliphatic heterocycles. The maximum absolute atomic E-state index is 16.0. The first-order valence-corrected chi connectivity index (χ1v) is 22.0. The molecule has 5 aromatic rings. The van der Waals surface area contributed by atoms with Gasteiger partial charge in [0.2, 0.25) is 5.91 Å². The molecule has 2 N–H and O–H groups in total. The van der Waals surface area contributed by atoms with E-state index < -0.39 is 23.7 Å². The summed E-state index contributed by atoms with van der Waals surface area (Å²) in [7, 11) is 0. The number of benzene rings is 3. The lowest BCUT2D eigenvalue weighted by molar-refractivity contribution is -0.121. The summed E-state index contributed by atoms with van der Waals surface area (Å²) in [6.45, 7) is 7.67. The molecule has 61 heavy (non-hydrogen) atoms. The van der Waals surface area contributed by atoms with Crippen LogP contribution < -0.4 is 20.4 Å². The number of hydrogen-bond donors (Lipinski definition) is 2. The van der Waals surface area contributed by atoms with Crippen molar-refractivity contribution in [1.29, 1.82) is 0 Å². The molecule has 0 spiro atoms. The first-order valence-electron chi connectivity index (χ1n) is 21.2. The molecule has 10 rings (SSSR count). The van der Waals surface area contributed by atoms with Crippen molar-refractivity contribution in [3.8, 4) is 11.1 Å². The van der Waals surface area contributed by atoms with Gasteiger partial charge in [-0.05, 0) is 72.7 Å². The number of halogens is 1. The van der Waals surface area contributed by atoms with Crippen LogP contribution in [-0.4, -0.2) is 105 Å². The molecule has 5 aliphatic rings. The number of urea groups is 1. The lowest BCUT2D eigenvalue weighted by Crippen LogP contribution is -2.53. The number of piperazine rings is 1. The van der Waals surface area contributed by atoms with Crippen molar-refractivity contribution in [3.63, 3.8) is 0 Å². The third kappa shape index (κ3) is 7.68. The van der Waals surface area contributed by atoms with Crippen molar-refractivity contribution in [2.75, 3.05) is 60.9 Å². The summed E-state index contributed by atoms with van der Waals surface area (Å²) in [5.74, 6) is -1.52. The second kappa shape index (κ2) is 16.5. The Morgan fingerprint density at radius 1 is 0.902 bits per heavy atom. The highest BCUT2D eigenvalue weighted by molar-refractivity contribution is 7.13. The molecule has 0 saturated carbocycles. The quantitative estimate of drug-likeness (QED) is 0.183. The number of anilines is 3. The van der Waals surface area contributed by atoms with Crippen LogP contribution in [0.25, 0.3) is 11.1 Å². The molecule has 3 aromatic carbocycles.